The zero-order chi connectivity index (χ0) is 19.3. The molecule has 0 spiro atoms. The molecule has 5 nitrogen and oxygen atoms in total. The summed E-state index contributed by atoms with van der Waals surface area (Å²) in [6, 6.07) is 2.25. The molecule has 1 aromatic heterocycles. The molecule has 0 bridgehead atoms. The third-order valence-electron chi connectivity index (χ3n) is 4.54. The Bertz CT molecular complexity index is 589. The van der Waals surface area contributed by atoms with Crippen LogP contribution in [-0.2, 0) is 11.0 Å². The van der Waals surface area contributed by atoms with Crippen LogP contribution in [0.5, 0.6) is 0 Å². The summed E-state index contributed by atoms with van der Waals surface area (Å²) in [6.07, 6.45) is -2.68. The predicted octanol–water partition coefficient (Wildman–Crippen LogP) is 2.77. The van der Waals surface area contributed by atoms with Gasteiger partial charge in [-0.3, -0.25) is 9.69 Å². The van der Waals surface area contributed by atoms with Crippen LogP contribution < -0.4 is 10.2 Å². The molecule has 1 aliphatic heterocycles. The van der Waals surface area contributed by atoms with Crippen LogP contribution in [0.25, 0.3) is 0 Å². The Labute approximate surface area is 152 Å². The minimum absolute atomic E-state index is 0.0137. The molecule has 2 heterocycles. The largest absolute Gasteiger partial charge is 0.417 e. The molecule has 146 valence electrons. The van der Waals surface area contributed by atoms with Crippen molar-refractivity contribution in [3.63, 3.8) is 0 Å². The molecule has 2 rings (SSSR count). The lowest BCUT2D eigenvalue weighted by molar-refractivity contribution is -0.137. The molecule has 1 atom stereocenters. The Kier molecular flexibility index (Phi) is 6.86. The Hall–Kier alpha value is -1.83. The van der Waals surface area contributed by atoms with Crippen LogP contribution in [0.15, 0.2) is 18.3 Å². The van der Waals surface area contributed by atoms with Crippen LogP contribution in [0.1, 0.15) is 32.8 Å². The number of alkyl halides is 3. The van der Waals surface area contributed by atoms with Crippen LogP contribution >= 0.6 is 0 Å². The fourth-order valence-corrected chi connectivity index (χ4v) is 2.91. The van der Waals surface area contributed by atoms with E-state index >= 15 is 0 Å². The van der Waals surface area contributed by atoms with E-state index in [1.165, 1.54) is 6.07 Å². The number of aromatic nitrogens is 1. The highest BCUT2D eigenvalue weighted by atomic mass is 19.4. The molecule has 26 heavy (non-hydrogen) atoms. The molecular formula is C18H27F3N4O. The van der Waals surface area contributed by atoms with Crippen molar-refractivity contribution < 1.29 is 18.0 Å². The molecule has 0 radical (unpaired) electrons. The van der Waals surface area contributed by atoms with E-state index in [1.807, 2.05) is 25.7 Å². The van der Waals surface area contributed by atoms with Crippen molar-refractivity contribution in [1.29, 1.82) is 0 Å². The number of hydrogen-bond acceptors (Lipinski definition) is 4. The van der Waals surface area contributed by atoms with Crippen molar-refractivity contribution >= 4 is 11.7 Å². The van der Waals surface area contributed by atoms with E-state index in [-0.39, 0.29) is 11.9 Å². The second-order valence-corrected chi connectivity index (χ2v) is 7.09. The van der Waals surface area contributed by atoms with E-state index in [0.29, 0.717) is 37.9 Å². The molecule has 1 N–H and O–H groups in total. The number of nitrogens with zero attached hydrogens (tertiary/aromatic N) is 3. The van der Waals surface area contributed by atoms with Gasteiger partial charge in [-0.15, -0.1) is 0 Å². The molecular weight excluding hydrogens is 345 g/mol. The standard InChI is InChI=1S/C18H27F3N4O/c1-13(2)11-23-17(26)14(3)24-7-4-8-25(10-9-24)16-6-5-15(12-22-16)18(19,20)21/h5-6,12-14H,4,7-11H2,1-3H3,(H,23,26). The van der Waals surface area contributed by atoms with Gasteiger partial charge in [0.05, 0.1) is 11.6 Å². The Morgan fingerprint density at radius 2 is 1.92 bits per heavy atom. The van der Waals surface area contributed by atoms with Gasteiger partial charge in [-0.1, -0.05) is 13.8 Å². The smallest absolute Gasteiger partial charge is 0.355 e. The normalized spacial score (nSPS) is 17.9. The monoisotopic (exact) mass is 372 g/mol. The first-order valence-electron chi connectivity index (χ1n) is 8.98. The number of nitrogens with one attached hydrogen (secondary N) is 1. The van der Waals surface area contributed by atoms with Gasteiger partial charge in [-0.25, -0.2) is 4.98 Å². The second-order valence-electron chi connectivity index (χ2n) is 7.09. The summed E-state index contributed by atoms with van der Waals surface area (Å²) in [5, 5.41) is 2.95. The van der Waals surface area contributed by atoms with Gasteiger partial charge >= 0.3 is 6.18 Å². The predicted molar refractivity (Wildman–Crippen MR) is 95.0 cm³/mol. The first-order chi connectivity index (χ1) is 12.2. The maximum Gasteiger partial charge on any atom is 0.417 e. The van der Waals surface area contributed by atoms with Gasteiger partial charge in [0, 0.05) is 38.9 Å². The quantitative estimate of drug-likeness (QED) is 0.864. The molecule has 1 unspecified atom stereocenters. The van der Waals surface area contributed by atoms with Gasteiger partial charge in [-0.2, -0.15) is 13.2 Å². The number of amides is 1. The van der Waals surface area contributed by atoms with Crippen molar-refractivity contribution in [3.05, 3.63) is 23.9 Å². The van der Waals surface area contributed by atoms with E-state index < -0.39 is 11.7 Å². The van der Waals surface area contributed by atoms with E-state index in [1.54, 1.807) is 0 Å². The van der Waals surface area contributed by atoms with Gasteiger partial charge in [0.25, 0.3) is 0 Å². The highest BCUT2D eigenvalue weighted by molar-refractivity contribution is 5.81. The number of halogens is 3. The molecule has 1 fully saturated rings. The molecule has 1 aliphatic rings. The minimum atomic E-state index is -4.38. The average Bonchev–Trinajstić information content (AvgIpc) is 2.84. The summed E-state index contributed by atoms with van der Waals surface area (Å²) in [6.45, 7) is 9.40. The summed E-state index contributed by atoms with van der Waals surface area (Å²) in [5.41, 5.74) is -0.742. The zero-order valence-electron chi connectivity index (χ0n) is 15.5. The zero-order valence-corrected chi connectivity index (χ0v) is 15.5. The molecule has 0 aromatic carbocycles. The lowest BCUT2D eigenvalue weighted by atomic mass is 10.2. The summed E-state index contributed by atoms with van der Waals surface area (Å²) in [4.78, 5) is 20.3. The number of rotatable bonds is 5. The van der Waals surface area contributed by atoms with E-state index in [0.717, 1.165) is 25.2 Å². The Balaban J connectivity index is 1.94. The van der Waals surface area contributed by atoms with E-state index in [2.05, 4.69) is 15.2 Å². The van der Waals surface area contributed by atoms with E-state index in [4.69, 9.17) is 0 Å². The number of hydrogen-bond donors (Lipinski definition) is 1. The fourth-order valence-electron chi connectivity index (χ4n) is 2.91. The SMILES string of the molecule is CC(C)CNC(=O)C(C)N1CCCN(c2ccc(C(F)(F)F)cn2)CC1. The van der Waals surface area contributed by atoms with Crippen molar-refractivity contribution in [2.24, 2.45) is 5.92 Å². The van der Waals surface area contributed by atoms with Crippen molar-refractivity contribution in [3.8, 4) is 0 Å². The lowest BCUT2D eigenvalue weighted by Gasteiger charge is -2.27. The van der Waals surface area contributed by atoms with Crippen LogP contribution in [0, 0.1) is 5.92 Å². The lowest BCUT2D eigenvalue weighted by Crippen LogP contribution is -2.47. The maximum atomic E-state index is 12.7. The molecule has 0 aliphatic carbocycles. The average molecular weight is 372 g/mol. The van der Waals surface area contributed by atoms with E-state index in [9.17, 15) is 18.0 Å². The van der Waals surface area contributed by atoms with Crippen molar-refractivity contribution in [2.75, 3.05) is 37.6 Å². The van der Waals surface area contributed by atoms with Gasteiger partial charge < -0.3 is 10.2 Å². The van der Waals surface area contributed by atoms with Crippen LogP contribution in [0.2, 0.25) is 0 Å². The third kappa shape index (κ3) is 5.59. The van der Waals surface area contributed by atoms with Gasteiger partial charge in [0.1, 0.15) is 5.82 Å². The first kappa shape index (κ1) is 20.5. The van der Waals surface area contributed by atoms with Crippen molar-refractivity contribution in [2.45, 2.75) is 39.4 Å². The minimum Gasteiger partial charge on any atom is -0.355 e. The van der Waals surface area contributed by atoms with Crippen LogP contribution in [0.4, 0.5) is 19.0 Å². The molecule has 1 amide bonds. The van der Waals surface area contributed by atoms with Gasteiger partial charge in [0.15, 0.2) is 0 Å². The molecule has 1 aromatic rings. The first-order valence-corrected chi connectivity index (χ1v) is 8.98. The Morgan fingerprint density at radius 1 is 1.19 bits per heavy atom. The highest BCUT2D eigenvalue weighted by Crippen LogP contribution is 2.29. The maximum absolute atomic E-state index is 12.7. The van der Waals surface area contributed by atoms with Crippen LogP contribution in [-0.4, -0.2) is 54.6 Å². The second kappa shape index (κ2) is 8.70. The van der Waals surface area contributed by atoms with Crippen LogP contribution in [0.3, 0.4) is 0 Å². The highest BCUT2D eigenvalue weighted by Gasteiger charge is 2.31. The summed E-state index contributed by atoms with van der Waals surface area (Å²) in [5.74, 6) is 0.952. The molecule has 0 saturated carbocycles. The Morgan fingerprint density at radius 3 is 2.50 bits per heavy atom. The van der Waals surface area contributed by atoms with Crippen molar-refractivity contribution in [1.82, 2.24) is 15.2 Å². The van der Waals surface area contributed by atoms with Gasteiger partial charge in [0.2, 0.25) is 5.91 Å². The number of carbonyl (C=O) groups is 1. The van der Waals surface area contributed by atoms with Gasteiger partial charge in [-0.05, 0) is 31.4 Å². The third-order valence-corrected chi connectivity index (χ3v) is 4.54. The summed E-state index contributed by atoms with van der Waals surface area (Å²) >= 11 is 0. The summed E-state index contributed by atoms with van der Waals surface area (Å²) in [7, 11) is 0. The number of carbonyl (C=O) groups excluding carboxylic acids is 1. The molecule has 8 heteroatoms. The summed E-state index contributed by atoms with van der Waals surface area (Å²) < 4.78 is 38.0. The topological polar surface area (TPSA) is 48.5 Å². The number of anilines is 1. The fraction of sp³-hybridized carbons (Fsp3) is 0.667. The molecule has 1 saturated heterocycles. The number of pyridine rings is 1.